The number of hydrogen-bond acceptors (Lipinski definition) is 8. The number of carbonyl (C=O) groups excluding carboxylic acids is 2. The van der Waals surface area contributed by atoms with E-state index in [0.29, 0.717) is 68.4 Å². The molecule has 2 saturated heterocycles. The zero-order chi connectivity index (χ0) is 25.7. The van der Waals surface area contributed by atoms with Gasteiger partial charge in [-0.25, -0.2) is 4.79 Å². The highest BCUT2D eigenvalue weighted by Gasteiger charge is 2.37. The molecule has 1 amide bonds. The average Bonchev–Trinajstić information content (AvgIpc) is 3.23. The molecule has 9 nitrogen and oxygen atoms in total. The van der Waals surface area contributed by atoms with Crippen molar-refractivity contribution in [1.29, 1.82) is 0 Å². The number of likely N-dealkylation sites (tertiary alicyclic amines) is 1. The molecule has 36 heavy (non-hydrogen) atoms. The van der Waals surface area contributed by atoms with Gasteiger partial charge in [-0.15, -0.1) is 0 Å². The molecule has 0 spiro atoms. The number of aliphatic hydroxyl groups is 1. The Kier molecular flexibility index (Phi) is 8.20. The summed E-state index contributed by atoms with van der Waals surface area (Å²) in [6, 6.07) is 11.1. The number of cyclic esters (lactones) is 1. The summed E-state index contributed by atoms with van der Waals surface area (Å²) in [7, 11) is 4.70. The van der Waals surface area contributed by atoms with Gasteiger partial charge in [0.1, 0.15) is 0 Å². The second-order valence-electron chi connectivity index (χ2n) is 9.17. The lowest BCUT2D eigenvalue weighted by Crippen LogP contribution is -2.41. The van der Waals surface area contributed by atoms with E-state index in [1.54, 1.807) is 31.3 Å². The number of piperidine rings is 1. The van der Waals surface area contributed by atoms with E-state index in [4.69, 9.17) is 23.7 Å². The highest BCUT2D eigenvalue weighted by Crippen LogP contribution is 2.35. The SMILES string of the molecule is COc1ccc(CC2COC(=O)C2Cc2ccc(OC(=O)N3CCC(O)CC3)c(OC)c2)cc1OC. The zero-order valence-electron chi connectivity index (χ0n) is 20.9. The molecule has 2 atom stereocenters. The first-order chi connectivity index (χ1) is 17.4. The fourth-order valence-electron chi connectivity index (χ4n) is 4.75. The van der Waals surface area contributed by atoms with Gasteiger partial charge in [0, 0.05) is 19.0 Å². The number of nitrogens with zero attached hydrogens (tertiary/aromatic N) is 1. The van der Waals surface area contributed by atoms with E-state index in [1.807, 2.05) is 24.3 Å². The van der Waals surface area contributed by atoms with Crippen molar-refractivity contribution >= 4 is 12.1 Å². The molecular weight excluding hydrogens is 466 g/mol. The molecular formula is C27H33NO8. The summed E-state index contributed by atoms with van der Waals surface area (Å²) < 4.78 is 27.2. The first-order valence-electron chi connectivity index (χ1n) is 12.1. The van der Waals surface area contributed by atoms with Gasteiger partial charge in [0.05, 0.1) is 40.0 Å². The van der Waals surface area contributed by atoms with Gasteiger partial charge in [0.2, 0.25) is 0 Å². The predicted molar refractivity (Wildman–Crippen MR) is 131 cm³/mol. The van der Waals surface area contributed by atoms with Gasteiger partial charge in [-0.05, 0) is 61.1 Å². The number of hydrogen-bond donors (Lipinski definition) is 1. The molecule has 0 aromatic heterocycles. The van der Waals surface area contributed by atoms with Crippen molar-refractivity contribution in [3.63, 3.8) is 0 Å². The zero-order valence-corrected chi connectivity index (χ0v) is 20.9. The van der Waals surface area contributed by atoms with E-state index < -0.39 is 6.09 Å². The van der Waals surface area contributed by atoms with Gasteiger partial charge in [0.15, 0.2) is 23.0 Å². The molecule has 1 N–H and O–H groups in total. The molecule has 9 heteroatoms. The fraction of sp³-hybridized carbons (Fsp3) is 0.481. The van der Waals surface area contributed by atoms with Crippen LogP contribution in [0.15, 0.2) is 36.4 Å². The summed E-state index contributed by atoms with van der Waals surface area (Å²) in [4.78, 5) is 26.7. The predicted octanol–water partition coefficient (Wildman–Crippen LogP) is 3.24. The fourth-order valence-corrected chi connectivity index (χ4v) is 4.75. The van der Waals surface area contributed by atoms with Crippen molar-refractivity contribution in [2.75, 3.05) is 41.0 Å². The van der Waals surface area contributed by atoms with E-state index in [9.17, 15) is 14.7 Å². The minimum Gasteiger partial charge on any atom is -0.493 e. The van der Waals surface area contributed by atoms with Crippen molar-refractivity contribution in [3.05, 3.63) is 47.5 Å². The van der Waals surface area contributed by atoms with Gasteiger partial charge >= 0.3 is 12.1 Å². The molecule has 2 aliphatic rings. The summed E-state index contributed by atoms with van der Waals surface area (Å²) in [5.74, 6) is 1.51. The van der Waals surface area contributed by atoms with Crippen LogP contribution >= 0.6 is 0 Å². The van der Waals surface area contributed by atoms with Crippen molar-refractivity contribution in [1.82, 2.24) is 4.90 Å². The summed E-state index contributed by atoms with van der Waals surface area (Å²) >= 11 is 0. The first-order valence-corrected chi connectivity index (χ1v) is 12.1. The highest BCUT2D eigenvalue weighted by atomic mass is 16.6. The number of carbonyl (C=O) groups is 2. The average molecular weight is 500 g/mol. The second-order valence-corrected chi connectivity index (χ2v) is 9.17. The third kappa shape index (κ3) is 5.84. The largest absolute Gasteiger partial charge is 0.493 e. The van der Waals surface area contributed by atoms with Gasteiger partial charge in [-0.3, -0.25) is 4.79 Å². The van der Waals surface area contributed by atoms with Crippen LogP contribution in [0.4, 0.5) is 4.79 Å². The number of esters is 1. The Labute approximate surface area is 210 Å². The quantitative estimate of drug-likeness (QED) is 0.552. The Morgan fingerprint density at radius 3 is 2.14 bits per heavy atom. The lowest BCUT2D eigenvalue weighted by Gasteiger charge is -2.28. The van der Waals surface area contributed by atoms with Crippen LogP contribution in [-0.2, 0) is 22.4 Å². The molecule has 194 valence electrons. The van der Waals surface area contributed by atoms with Gasteiger partial charge < -0.3 is 33.7 Å². The van der Waals surface area contributed by atoms with Gasteiger partial charge in [-0.2, -0.15) is 0 Å². The maximum atomic E-state index is 12.6. The summed E-state index contributed by atoms with van der Waals surface area (Å²) in [5, 5.41) is 9.65. The summed E-state index contributed by atoms with van der Waals surface area (Å²) in [5.41, 5.74) is 1.92. The highest BCUT2D eigenvalue weighted by molar-refractivity contribution is 5.75. The summed E-state index contributed by atoms with van der Waals surface area (Å²) in [6.07, 6.45) is 1.36. The number of methoxy groups -OCH3 is 3. The van der Waals surface area contributed by atoms with Crippen LogP contribution in [0.25, 0.3) is 0 Å². The van der Waals surface area contributed by atoms with Crippen LogP contribution in [-0.4, -0.2) is 69.2 Å². The molecule has 2 unspecified atom stereocenters. The first kappa shape index (κ1) is 25.6. The van der Waals surface area contributed by atoms with Crippen molar-refractivity contribution < 1.29 is 38.4 Å². The Morgan fingerprint density at radius 1 is 0.917 bits per heavy atom. The molecule has 0 bridgehead atoms. The van der Waals surface area contributed by atoms with Gasteiger partial charge in [-0.1, -0.05) is 12.1 Å². The van der Waals surface area contributed by atoms with Crippen LogP contribution in [0.1, 0.15) is 24.0 Å². The molecule has 0 aliphatic carbocycles. The van der Waals surface area contributed by atoms with Crippen molar-refractivity contribution in [3.8, 4) is 23.0 Å². The molecule has 2 heterocycles. The monoisotopic (exact) mass is 499 g/mol. The van der Waals surface area contributed by atoms with E-state index in [-0.39, 0.29) is 23.9 Å². The Hall–Kier alpha value is -3.46. The van der Waals surface area contributed by atoms with Crippen LogP contribution in [0.5, 0.6) is 23.0 Å². The molecule has 0 radical (unpaired) electrons. The molecule has 2 fully saturated rings. The standard InChI is InChI=1S/C27H33NO8/c1-32-22-6-4-17(14-24(22)33-2)12-19-16-35-26(30)21(19)13-18-5-7-23(25(15-18)34-3)36-27(31)28-10-8-20(29)9-11-28/h4-7,14-15,19-21,29H,8-13,16H2,1-3H3. The third-order valence-electron chi connectivity index (χ3n) is 6.86. The lowest BCUT2D eigenvalue weighted by molar-refractivity contribution is -0.141. The van der Waals surface area contributed by atoms with E-state index >= 15 is 0 Å². The number of benzene rings is 2. The van der Waals surface area contributed by atoms with Crippen molar-refractivity contribution in [2.24, 2.45) is 11.8 Å². The van der Waals surface area contributed by atoms with E-state index in [1.165, 1.54) is 7.11 Å². The molecule has 0 saturated carbocycles. The van der Waals surface area contributed by atoms with Crippen LogP contribution in [0, 0.1) is 11.8 Å². The normalized spacial score (nSPS) is 20.1. The minimum absolute atomic E-state index is 0.00792. The topological polar surface area (TPSA) is 104 Å². The number of amides is 1. The van der Waals surface area contributed by atoms with E-state index in [2.05, 4.69) is 0 Å². The number of ether oxygens (including phenoxy) is 5. The smallest absolute Gasteiger partial charge is 0.415 e. The van der Waals surface area contributed by atoms with Crippen LogP contribution < -0.4 is 18.9 Å². The minimum atomic E-state index is -0.470. The van der Waals surface area contributed by atoms with Crippen molar-refractivity contribution in [2.45, 2.75) is 31.8 Å². The molecule has 2 aromatic carbocycles. The number of rotatable bonds is 8. The van der Waals surface area contributed by atoms with Crippen LogP contribution in [0.3, 0.4) is 0 Å². The molecule has 2 aromatic rings. The summed E-state index contributed by atoms with van der Waals surface area (Å²) in [6.45, 7) is 1.26. The Morgan fingerprint density at radius 2 is 1.50 bits per heavy atom. The Bertz CT molecular complexity index is 1080. The van der Waals surface area contributed by atoms with E-state index in [0.717, 1.165) is 11.1 Å². The van der Waals surface area contributed by atoms with Crippen LogP contribution in [0.2, 0.25) is 0 Å². The third-order valence-corrected chi connectivity index (χ3v) is 6.86. The Balaban J connectivity index is 1.43. The number of aliphatic hydroxyl groups excluding tert-OH is 1. The van der Waals surface area contributed by atoms with Gasteiger partial charge in [0.25, 0.3) is 0 Å². The second kappa shape index (κ2) is 11.5. The lowest BCUT2D eigenvalue weighted by atomic mass is 9.85. The maximum absolute atomic E-state index is 12.6. The maximum Gasteiger partial charge on any atom is 0.415 e. The molecule has 2 aliphatic heterocycles. The molecule has 4 rings (SSSR count).